The van der Waals surface area contributed by atoms with Crippen molar-refractivity contribution in [2.75, 3.05) is 13.6 Å². The minimum atomic E-state index is 0.504. The Kier molecular flexibility index (Phi) is 5.00. The fourth-order valence-corrected chi connectivity index (χ4v) is 1.98. The zero-order valence-electron chi connectivity index (χ0n) is 11.2. The van der Waals surface area contributed by atoms with Gasteiger partial charge in [-0.2, -0.15) is 0 Å². The van der Waals surface area contributed by atoms with Gasteiger partial charge >= 0.3 is 0 Å². The summed E-state index contributed by atoms with van der Waals surface area (Å²) >= 11 is 0. The number of nitrogens with zero attached hydrogens (tertiary/aromatic N) is 1. The standard InChI is InChI=1S/C13H25N3/c1-6-11(8-14-5)13-15-10(4)12(16-13)7-9(2)3/h9,11,14H,6-8H2,1-5H3,(H,15,16). The van der Waals surface area contributed by atoms with Gasteiger partial charge in [0.05, 0.1) is 5.69 Å². The van der Waals surface area contributed by atoms with Crippen molar-refractivity contribution < 1.29 is 0 Å². The molecule has 1 aromatic rings. The quantitative estimate of drug-likeness (QED) is 0.778. The molecule has 0 aliphatic rings. The average Bonchev–Trinajstić information content (AvgIpc) is 2.56. The van der Waals surface area contributed by atoms with Gasteiger partial charge in [-0.15, -0.1) is 0 Å². The normalized spacial score (nSPS) is 13.4. The lowest BCUT2D eigenvalue weighted by Crippen LogP contribution is -2.17. The van der Waals surface area contributed by atoms with Gasteiger partial charge in [-0.1, -0.05) is 20.8 Å². The Morgan fingerprint density at radius 1 is 1.38 bits per heavy atom. The number of H-pyrrole nitrogens is 1. The van der Waals surface area contributed by atoms with E-state index >= 15 is 0 Å². The topological polar surface area (TPSA) is 40.7 Å². The number of aromatic nitrogens is 2. The maximum atomic E-state index is 4.74. The Morgan fingerprint density at radius 2 is 2.06 bits per heavy atom. The Balaban J connectivity index is 2.81. The molecule has 1 aromatic heterocycles. The van der Waals surface area contributed by atoms with Crippen LogP contribution in [0, 0.1) is 12.8 Å². The molecule has 2 N–H and O–H groups in total. The predicted octanol–water partition coefficient (Wildman–Crippen LogP) is 2.63. The molecule has 0 saturated heterocycles. The van der Waals surface area contributed by atoms with E-state index in [1.54, 1.807) is 0 Å². The number of imidazole rings is 1. The van der Waals surface area contributed by atoms with Gasteiger partial charge in [-0.05, 0) is 32.7 Å². The van der Waals surface area contributed by atoms with E-state index in [9.17, 15) is 0 Å². The summed E-state index contributed by atoms with van der Waals surface area (Å²) in [6, 6.07) is 0. The molecule has 0 fully saturated rings. The van der Waals surface area contributed by atoms with Crippen LogP contribution in [0.4, 0.5) is 0 Å². The molecule has 0 aliphatic heterocycles. The van der Waals surface area contributed by atoms with Crippen LogP contribution in [-0.4, -0.2) is 23.6 Å². The first kappa shape index (κ1) is 13.2. The molecule has 92 valence electrons. The molecule has 0 amide bonds. The Bertz CT molecular complexity index is 315. The van der Waals surface area contributed by atoms with Crippen molar-refractivity contribution >= 4 is 0 Å². The van der Waals surface area contributed by atoms with Crippen molar-refractivity contribution in [3.8, 4) is 0 Å². The van der Waals surface area contributed by atoms with Crippen LogP contribution in [-0.2, 0) is 6.42 Å². The van der Waals surface area contributed by atoms with Crippen LogP contribution >= 0.6 is 0 Å². The first-order valence-electron chi connectivity index (χ1n) is 6.28. The van der Waals surface area contributed by atoms with Gasteiger partial charge in [0.15, 0.2) is 0 Å². The van der Waals surface area contributed by atoms with Crippen LogP contribution in [0.5, 0.6) is 0 Å². The van der Waals surface area contributed by atoms with Gasteiger partial charge in [-0.3, -0.25) is 0 Å². The molecule has 1 heterocycles. The summed E-state index contributed by atoms with van der Waals surface area (Å²) in [5.41, 5.74) is 2.47. The molecule has 0 aromatic carbocycles. The maximum Gasteiger partial charge on any atom is 0.110 e. The van der Waals surface area contributed by atoms with Gasteiger partial charge in [0.2, 0.25) is 0 Å². The lowest BCUT2D eigenvalue weighted by atomic mass is 10.1. The molecular formula is C13H25N3. The smallest absolute Gasteiger partial charge is 0.110 e. The summed E-state index contributed by atoms with van der Waals surface area (Å²) in [5, 5.41) is 3.23. The lowest BCUT2D eigenvalue weighted by molar-refractivity contribution is 0.581. The molecule has 0 aliphatic carbocycles. The van der Waals surface area contributed by atoms with Crippen molar-refractivity contribution in [3.63, 3.8) is 0 Å². The minimum absolute atomic E-state index is 0.504. The third-order valence-corrected chi connectivity index (χ3v) is 2.94. The summed E-state index contributed by atoms with van der Waals surface area (Å²) in [7, 11) is 1.99. The molecule has 0 bridgehead atoms. The van der Waals surface area contributed by atoms with Crippen LogP contribution in [0.3, 0.4) is 0 Å². The highest BCUT2D eigenvalue weighted by atomic mass is 15.0. The molecule has 0 saturated carbocycles. The number of aryl methyl sites for hydroxylation is 1. The molecule has 3 heteroatoms. The summed E-state index contributed by atoms with van der Waals surface area (Å²) in [5.74, 6) is 2.31. The summed E-state index contributed by atoms with van der Waals surface area (Å²) in [6.07, 6.45) is 2.19. The Labute approximate surface area is 99.1 Å². The number of hydrogen-bond acceptors (Lipinski definition) is 2. The van der Waals surface area contributed by atoms with Crippen molar-refractivity contribution in [1.82, 2.24) is 15.3 Å². The Hall–Kier alpha value is -0.830. The highest BCUT2D eigenvalue weighted by molar-refractivity contribution is 5.16. The largest absolute Gasteiger partial charge is 0.346 e. The highest BCUT2D eigenvalue weighted by Gasteiger charge is 2.15. The zero-order chi connectivity index (χ0) is 12.1. The van der Waals surface area contributed by atoms with E-state index in [0.29, 0.717) is 11.8 Å². The minimum Gasteiger partial charge on any atom is -0.346 e. The van der Waals surface area contributed by atoms with Gasteiger partial charge < -0.3 is 10.3 Å². The molecule has 16 heavy (non-hydrogen) atoms. The number of rotatable bonds is 6. The van der Waals surface area contributed by atoms with Crippen molar-refractivity contribution in [2.45, 2.75) is 46.5 Å². The number of hydrogen-bond donors (Lipinski definition) is 2. The Morgan fingerprint density at radius 3 is 2.56 bits per heavy atom. The fourth-order valence-electron chi connectivity index (χ4n) is 1.98. The summed E-state index contributed by atoms with van der Waals surface area (Å²) in [4.78, 5) is 8.18. The van der Waals surface area contributed by atoms with Crippen molar-refractivity contribution in [3.05, 3.63) is 17.2 Å². The fraction of sp³-hybridized carbons (Fsp3) is 0.769. The average molecular weight is 223 g/mol. The number of aromatic amines is 1. The third-order valence-electron chi connectivity index (χ3n) is 2.94. The van der Waals surface area contributed by atoms with E-state index in [1.807, 2.05) is 7.05 Å². The molecule has 0 radical (unpaired) electrons. The second-order valence-corrected chi connectivity index (χ2v) is 4.95. The van der Waals surface area contributed by atoms with Gasteiger partial charge in [0, 0.05) is 18.2 Å². The molecule has 0 spiro atoms. The van der Waals surface area contributed by atoms with Crippen LogP contribution in [0.15, 0.2) is 0 Å². The summed E-state index contributed by atoms with van der Waals surface area (Å²) in [6.45, 7) is 9.80. The molecule has 3 nitrogen and oxygen atoms in total. The molecular weight excluding hydrogens is 198 g/mol. The van der Waals surface area contributed by atoms with E-state index < -0.39 is 0 Å². The highest BCUT2D eigenvalue weighted by Crippen LogP contribution is 2.19. The van der Waals surface area contributed by atoms with E-state index in [4.69, 9.17) is 4.98 Å². The SMILES string of the molecule is CCC(CNC)c1nc(CC(C)C)c(C)[nH]1. The van der Waals surface area contributed by atoms with Crippen LogP contribution in [0.1, 0.15) is 50.3 Å². The van der Waals surface area contributed by atoms with Gasteiger partial charge in [-0.25, -0.2) is 4.98 Å². The van der Waals surface area contributed by atoms with E-state index in [2.05, 4.69) is 38.0 Å². The second kappa shape index (κ2) is 6.04. The summed E-state index contributed by atoms with van der Waals surface area (Å²) < 4.78 is 0. The van der Waals surface area contributed by atoms with Crippen LogP contribution in [0.25, 0.3) is 0 Å². The molecule has 1 unspecified atom stereocenters. The van der Waals surface area contributed by atoms with Crippen molar-refractivity contribution in [1.29, 1.82) is 0 Å². The number of likely N-dealkylation sites (N-methyl/N-ethyl adjacent to an activating group) is 1. The van der Waals surface area contributed by atoms with E-state index in [-0.39, 0.29) is 0 Å². The monoisotopic (exact) mass is 223 g/mol. The lowest BCUT2D eigenvalue weighted by Gasteiger charge is -2.10. The second-order valence-electron chi connectivity index (χ2n) is 4.95. The zero-order valence-corrected chi connectivity index (χ0v) is 11.2. The predicted molar refractivity (Wildman–Crippen MR) is 68.8 cm³/mol. The molecule has 1 atom stereocenters. The van der Waals surface area contributed by atoms with Gasteiger partial charge in [0.25, 0.3) is 0 Å². The first-order chi connectivity index (χ1) is 7.58. The third kappa shape index (κ3) is 3.34. The van der Waals surface area contributed by atoms with E-state index in [1.165, 1.54) is 11.4 Å². The number of nitrogens with one attached hydrogen (secondary N) is 2. The van der Waals surface area contributed by atoms with Crippen molar-refractivity contribution in [2.24, 2.45) is 5.92 Å². The van der Waals surface area contributed by atoms with E-state index in [0.717, 1.165) is 25.2 Å². The molecule has 1 rings (SSSR count). The first-order valence-corrected chi connectivity index (χ1v) is 6.28. The maximum absolute atomic E-state index is 4.74. The van der Waals surface area contributed by atoms with Crippen LogP contribution in [0.2, 0.25) is 0 Å². The van der Waals surface area contributed by atoms with Crippen LogP contribution < -0.4 is 5.32 Å². The van der Waals surface area contributed by atoms with Gasteiger partial charge in [0.1, 0.15) is 5.82 Å².